The summed E-state index contributed by atoms with van der Waals surface area (Å²) in [5, 5.41) is 6.35. The topological polar surface area (TPSA) is 41.1 Å². The Balaban J connectivity index is 1.84. The maximum Gasteiger partial charge on any atom is 0.255 e. The molecule has 0 saturated carbocycles. The lowest BCUT2D eigenvalue weighted by atomic mass is 10.1. The van der Waals surface area contributed by atoms with Crippen LogP contribution in [-0.4, -0.2) is 12.5 Å². The van der Waals surface area contributed by atoms with Crippen molar-refractivity contribution in [2.24, 2.45) is 0 Å². The molecule has 21 heavy (non-hydrogen) atoms. The van der Waals surface area contributed by atoms with E-state index in [0.717, 1.165) is 35.5 Å². The van der Waals surface area contributed by atoms with Crippen molar-refractivity contribution in [1.82, 2.24) is 5.32 Å². The summed E-state index contributed by atoms with van der Waals surface area (Å²) in [5.74, 6) is -0.0824. The molecule has 3 nitrogen and oxygen atoms in total. The van der Waals surface area contributed by atoms with Crippen molar-refractivity contribution in [2.45, 2.75) is 13.3 Å². The van der Waals surface area contributed by atoms with Crippen molar-refractivity contribution in [3.05, 3.63) is 71.3 Å². The van der Waals surface area contributed by atoms with Crippen LogP contribution in [-0.2, 0) is 0 Å². The van der Waals surface area contributed by atoms with Crippen LogP contribution >= 0.6 is 0 Å². The van der Waals surface area contributed by atoms with E-state index in [4.69, 9.17) is 0 Å². The zero-order valence-corrected chi connectivity index (χ0v) is 12.0. The summed E-state index contributed by atoms with van der Waals surface area (Å²) in [6, 6.07) is 15.5. The molecule has 3 heteroatoms. The summed E-state index contributed by atoms with van der Waals surface area (Å²) in [6.45, 7) is 2.96. The smallest absolute Gasteiger partial charge is 0.255 e. The highest BCUT2D eigenvalue weighted by Gasteiger charge is 2.13. The number of hydrogen-bond donors (Lipinski definition) is 2. The van der Waals surface area contributed by atoms with Gasteiger partial charge in [0.25, 0.3) is 5.91 Å². The minimum atomic E-state index is -0.0824. The molecule has 2 aromatic carbocycles. The molecule has 0 bridgehead atoms. The van der Waals surface area contributed by atoms with Gasteiger partial charge in [0, 0.05) is 23.4 Å². The van der Waals surface area contributed by atoms with Crippen molar-refractivity contribution in [3.8, 4) is 0 Å². The zero-order valence-electron chi connectivity index (χ0n) is 12.0. The average molecular weight is 278 g/mol. The highest BCUT2D eigenvalue weighted by molar-refractivity contribution is 6.05. The predicted octanol–water partition coefficient (Wildman–Crippen LogP) is 3.58. The van der Waals surface area contributed by atoms with Crippen LogP contribution in [0.1, 0.15) is 27.9 Å². The minimum Gasteiger partial charge on any atom is -0.384 e. The van der Waals surface area contributed by atoms with Gasteiger partial charge in [0.15, 0.2) is 0 Å². The molecule has 1 amide bonds. The molecule has 1 heterocycles. The molecule has 0 aromatic heterocycles. The van der Waals surface area contributed by atoms with E-state index in [-0.39, 0.29) is 5.91 Å². The Hall–Kier alpha value is -2.55. The van der Waals surface area contributed by atoms with Crippen LogP contribution in [0.15, 0.2) is 54.6 Å². The van der Waals surface area contributed by atoms with E-state index in [0.29, 0.717) is 5.56 Å². The molecule has 106 valence electrons. The van der Waals surface area contributed by atoms with Gasteiger partial charge in [-0.25, -0.2) is 0 Å². The molecule has 0 spiro atoms. The molecule has 0 atom stereocenters. The second-order valence-electron chi connectivity index (χ2n) is 5.20. The summed E-state index contributed by atoms with van der Waals surface area (Å²) >= 11 is 0. The maximum atomic E-state index is 12.3. The van der Waals surface area contributed by atoms with Gasteiger partial charge in [-0.15, -0.1) is 0 Å². The van der Waals surface area contributed by atoms with Gasteiger partial charge in [-0.1, -0.05) is 42.0 Å². The Morgan fingerprint density at radius 2 is 1.86 bits per heavy atom. The molecule has 3 rings (SSSR count). The fraction of sp³-hybridized carbons (Fsp3) is 0.167. The van der Waals surface area contributed by atoms with Gasteiger partial charge in [0.2, 0.25) is 0 Å². The molecule has 1 aliphatic heterocycles. The Morgan fingerprint density at radius 3 is 2.57 bits per heavy atom. The van der Waals surface area contributed by atoms with E-state index >= 15 is 0 Å². The summed E-state index contributed by atoms with van der Waals surface area (Å²) in [6.07, 6.45) is 3.19. The van der Waals surface area contributed by atoms with E-state index in [2.05, 4.69) is 16.7 Å². The normalized spacial score (nSPS) is 13.5. The highest BCUT2D eigenvalue weighted by Crippen LogP contribution is 2.25. The second-order valence-corrected chi connectivity index (χ2v) is 5.20. The number of nitrogens with one attached hydrogen (secondary N) is 2. The van der Waals surface area contributed by atoms with Crippen LogP contribution in [0.25, 0.3) is 5.70 Å². The van der Waals surface area contributed by atoms with E-state index in [9.17, 15) is 4.79 Å². The van der Waals surface area contributed by atoms with Crippen LogP contribution in [0, 0.1) is 6.92 Å². The summed E-state index contributed by atoms with van der Waals surface area (Å²) in [7, 11) is 0. The molecule has 2 aromatic rings. The molecule has 0 unspecified atom stereocenters. The van der Waals surface area contributed by atoms with Crippen LogP contribution in [0.2, 0.25) is 0 Å². The standard InChI is InChI=1S/C18H18N2O/c1-13-8-10-14(11-9-13)18(21)20-17-6-3-2-5-15(17)16-7-4-12-19-16/h2-3,5-11,19H,4,12H2,1H3,(H,20,21). The first-order valence-electron chi connectivity index (χ1n) is 7.15. The lowest BCUT2D eigenvalue weighted by molar-refractivity contribution is 0.102. The fourth-order valence-corrected chi connectivity index (χ4v) is 2.43. The Morgan fingerprint density at radius 1 is 1.10 bits per heavy atom. The number of amides is 1. The first-order valence-corrected chi connectivity index (χ1v) is 7.15. The van der Waals surface area contributed by atoms with Gasteiger partial charge in [0.05, 0.1) is 5.69 Å². The Kier molecular flexibility index (Phi) is 3.73. The minimum absolute atomic E-state index is 0.0824. The average Bonchev–Trinajstić information content (AvgIpc) is 3.02. The summed E-state index contributed by atoms with van der Waals surface area (Å²) in [5.41, 5.74) is 4.78. The van der Waals surface area contributed by atoms with Crippen LogP contribution < -0.4 is 10.6 Å². The van der Waals surface area contributed by atoms with Crippen LogP contribution in [0.3, 0.4) is 0 Å². The number of hydrogen-bond acceptors (Lipinski definition) is 2. The van der Waals surface area contributed by atoms with Gasteiger partial charge >= 0.3 is 0 Å². The molecular formula is C18H18N2O. The third kappa shape index (κ3) is 2.97. The monoisotopic (exact) mass is 278 g/mol. The first kappa shape index (κ1) is 13.4. The maximum absolute atomic E-state index is 12.3. The lowest BCUT2D eigenvalue weighted by Gasteiger charge is -2.12. The number of carbonyl (C=O) groups is 1. The molecule has 2 N–H and O–H groups in total. The van der Waals surface area contributed by atoms with Gasteiger partial charge in [0.1, 0.15) is 0 Å². The lowest BCUT2D eigenvalue weighted by Crippen LogP contribution is -2.15. The van der Waals surface area contributed by atoms with Crippen molar-refractivity contribution in [3.63, 3.8) is 0 Å². The van der Waals surface area contributed by atoms with Gasteiger partial charge in [-0.2, -0.15) is 0 Å². The van der Waals surface area contributed by atoms with Crippen molar-refractivity contribution in [2.75, 3.05) is 11.9 Å². The number of benzene rings is 2. The van der Waals surface area contributed by atoms with Crippen LogP contribution in [0.4, 0.5) is 5.69 Å². The Labute approximate surface area is 124 Å². The zero-order chi connectivity index (χ0) is 14.7. The number of carbonyl (C=O) groups excluding carboxylic acids is 1. The van der Waals surface area contributed by atoms with Crippen molar-refractivity contribution in [1.29, 1.82) is 0 Å². The van der Waals surface area contributed by atoms with Gasteiger partial charge in [-0.05, 0) is 31.5 Å². The third-order valence-corrected chi connectivity index (χ3v) is 3.59. The molecule has 0 radical (unpaired) electrons. The van der Waals surface area contributed by atoms with E-state index < -0.39 is 0 Å². The molecule has 0 saturated heterocycles. The molecule has 1 aliphatic rings. The number of aryl methyl sites for hydroxylation is 1. The predicted molar refractivity (Wildman–Crippen MR) is 86.2 cm³/mol. The number of anilines is 1. The van der Waals surface area contributed by atoms with E-state index in [1.165, 1.54) is 0 Å². The van der Waals surface area contributed by atoms with Gasteiger partial charge < -0.3 is 10.6 Å². The Bertz CT molecular complexity index is 687. The second kappa shape index (κ2) is 5.83. The van der Waals surface area contributed by atoms with E-state index in [1.54, 1.807) is 0 Å². The van der Waals surface area contributed by atoms with E-state index in [1.807, 2.05) is 55.5 Å². The van der Waals surface area contributed by atoms with Gasteiger partial charge in [-0.3, -0.25) is 4.79 Å². The van der Waals surface area contributed by atoms with Crippen LogP contribution in [0.5, 0.6) is 0 Å². The van der Waals surface area contributed by atoms with Crippen molar-refractivity contribution >= 4 is 17.3 Å². The quantitative estimate of drug-likeness (QED) is 0.901. The molecule has 0 aliphatic carbocycles. The summed E-state index contributed by atoms with van der Waals surface area (Å²) in [4.78, 5) is 12.3. The molecular weight excluding hydrogens is 260 g/mol. The third-order valence-electron chi connectivity index (χ3n) is 3.59. The fourth-order valence-electron chi connectivity index (χ4n) is 2.43. The number of rotatable bonds is 3. The summed E-state index contributed by atoms with van der Waals surface area (Å²) < 4.78 is 0. The molecule has 0 fully saturated rings. The highest BCUT2D eigenvalue weighted by atomic mass is 16.1. The van der Waals surface area contributed by atoms with Crippen molar-refractivity contribution < 1.29 is 4.79 Å². The SMILES string of the molecule is Cc1ccc(C(=O)Nc2ccccc2C2=CCCN2)cc1. The number of para-hydroxylation sites is 1. The first-order chi connectivity index (χ1) is 10.2. The largest absolute Gasteiger partial charge is 0.384 e.